The maximum atomic E-state index is 13.3. The second-order valence-corrected chi connectivity index (χ2v) is 10.2. The summed E-state index contributed by atoms with van der Waals surface area (Å²) in [5.41, 5.74) is 1.52. The molecule has 0 spiro atoms. The minimum Gasteiger partial charge on any atom is -0.507 e. The van der Waals surface area contributed by atoms with Crippen LogP contribution in [0.2, 0.25) is 0 Å². The van der Waals surface area contributed by atoms with Crippen molar-refractivity contribution in [3.05, 3.63) is 103 Å². The second kappa shape index (κ2) is 9.74. The van der Waals surface area contributed by atoms with Crippen LogP contribution in [0.1, 0.15) is 5.56 Å². The lowest BCUT2D eigenvalue weighted by Gasteiger charge is -2.36. The van der Waals surface area contributed by atoms with Crippen molar-refractivity contribution in [2.24, 2.45) is 0 Å². The minimum absolute atomic E-state index is 0.00763. The molecule has 7 nitrogen and oxygen atoms in total. The number of nitrogens with zero attached hydrogens (tertiary/aromatic N) is 2. The molecule has 1 N–H and O–H groups in total. The molecule has 3 aromatic carbocycles. The molecular weight excluding hydrogens is 555 g/mol. The Morgan fingerprint density at radius 3 is 2.39 bits per heavy atom. The van der Waals surface area contributed by atoms with E-state index < -0.39 is 11.3 Å². The van der Waals surface area contributed by atoms with Crippen LogP contribution in [-0.4, -0.2) is 36.2 Å². The van der Waals surface area contributed by atoms with Gasteiger partial charge in [0.1, 0.15) is 22.7 Å². The molecule has 5 aromatic rings. The zero-order valence-corrected chi connectivity index (χ0v) is 21.7. The van der Waals surface area contributed by atoms with Crippen LogP contribution in [0.4, 0.5) is 10.1 Å². The lowest BCUT2D eigenvalue weighted by molar-refractivity contribution is 0.246. The smallest absolute Gasteiger partial charge is 0.344 e. The molecule has 2 aromatic heterocycles. The van der Waals surface area contributed by atoms with Gasteiger partial charge in [-0.1, -0.05) is 15.9 Å². The SMILES string of the molecule is O=c1cc(-c2cc3cc(Br)ccc3oc2=O)c2ccc(O)c(CN3CCN(c4ccc(F)cc4)CC3)c2o1. The molecule has 3 heterocycles. The van der Waals surface area contributed by atoms with Crippen LogP contribution < -0.4 is 16.2 Å². The third-order valence-electron chi connectivity index (χ3n) is 6.92. The summed E-state index contributed by atoms with van der Waals surface area (Å²) in [4.78, 5) is 29.9. The fourth-order valence-corrected chi connectivity index (χ4v) is 5.35. The topological polar surface area (TPSA) is 87.1 Å². The number of piperazine rings is 1. The summed E-state index contributed by atoms with van der Waals surface area (Å²) in [7, 11) is 0. The first-order valence-electron chi connectivity index (χ1n) is 12.1. The molecule has 0 saturated carbocycles. The molecule has 1 aliphatic rings. The third kappa shape index (κ3) is 4.59. The van der Waals surface area contributed by atoms with E-state index in [1.54, 1.807) is 42.5 Å². The van der Waals surface area contributed by atoms with Gasteiger partial charge in [-0.05, 0) is 60.7 Å². The van der Waals surface area contributed by atoms with Crippen LogP contribution in [0.25, 0.3) is 33.1 Å². The van der Waals surface area contributed by atoms with Crippen LogP contribution >= 0.6 is 15.9 Å². The van der Waals surface area contributed by atoms with Crippen molar-refractivity contribution in [2.75, 3.05) is 31.1 Å². The summed E-state index contributed by atoms with van der Waals surface area (Å²) < 4.78 is 25.2. The second-order valence-electron chi connectivity index (χ2n) is 9.29. The number of fused-ring (bicyclic) bond motifs is 2. The minimum atomic E-state index is -0.630. The molecule has 0 aliphatic carbocycles. The Morgan fingerprint density at radius 1 is 0.868 bits per heavy atom. The average molecular weight is 577 g/mol. The van der Waals surface area contributed by atoms with Gasteiger partial charge < -0.3 is 18.8 Å². The van der Waals surface area contributed by atoms with E-state index in [1.807, 2.05) is 6.07 Å². The van der Waals surface area contributed by atoms with Gasteiger partial charge >= 0.3 is 11.3 Å². The molecule has 1 fully saturated rings. The van der Waals surface area contributed by atoms with E-state index in [1.165, 1.54) is 18.2 Å². The largest absolute Gasteiger partial charge is 0.507 e. The Hall–Kier alpha value is -3.95. The molecular formula is C29H22BrFN2O5. The number of anilines is 1. The van der Waals surface area contributed by atoms with E-state index >= 15 is 0 Å². The number of benzene rings is 3. The average Bonchev–Trinajstić information content (AvgIpc) is 2.91. The normalized spacial score (nSPS) is 14.4. The van der Waals surface area contributed by atoms with Crippen molar-refractivity contribution in [1.82, 2.24) is 4.90 Å². The van der Waals surface area contributed by atoms with E-state index in [4.69, 9.17) is 8.83 Å². The van der Waals surface area contributed by atoms with Gasteiger partial charge in [-0.15, -0.1) is 0 Å². The molecule has 0 radical (unpaired) electrons. The number of phenolic OH excluding ortho intramolecular Hbond substituents is 1. The number of rotatable bonds is 4. The Labute approximate surface area is 224 Å². The fraction of sp³-hybridized carbons (Fsp3) is 0.172. The van der Waals surface area contributed by atoms with E-state index in [2.05, 4.69) is 25.7 Å². The molecule has 1 saturated heterocycles. The predicted octanol–water partition coefficient (Wildman–Crippen LogP) is 5.50. The van der Waals surface area contributed by atoms with Gasteiger partial charge in [0.15, 0.2) is 0 Å². The van der Waals surface area contributed by atoms with Crippen molar-refractivity contribution in [1.29, 1.82) is 0 Å². The first-order chi connectivity index (χ1) is 18.4. The van der Waals surface area contributed by atoms with Gasteiger partial charge in [0.2, 0.25) is 0 Å². The van der Waals surface area contributed by atoms with Gasteiger partial charge in [0, 0.05) is 65.3 Å². The zero-order chi connectivity index (χ0) is 26.4. The van der Waals surface area contributed by atoms with Crippen molar-refractivity contribution < 1.29 is 18.3 Å². The first kappa shape index (κ1) is 24.4. The summed E-state index contributed by atoms with van der Waals surface area (Å²) >= 11 is 3.43. The highest BCUT2D eigenvalue weighted by molar-refractivity contribution is 9.10. The van der Waals surface area contributed by atoms with Crippen molar-refractivity contribution in [3.8, 4) is 16.9 Å². The number of hydrogen-bond acceptors (Lipinski definition) is 7. The van der Waals surface area contributed by atoms with Gasteiger partial charge in [0.25, 0.3) is 0 Å². The van der Waals surface area contributed by atoms with Crippen molar-refractivity contribution in [3.63, 3.8) is 0 Å². The van der Waals surface area contributed by atoms with E-state index in [-0.39, 0.29) is 22.7 Å². The van der Waals surface area contributed by atoms with Crippen molar-refractivity contribution >= 4 is 43.6 Å². The monoisotopic (exact) mass is 576 g/mol. The third-order valence-corrected chi connectivity index (χ3v) is 7.41. The molecule has 6 rings (SSSR count). The number of hydrogen-bond donors (Lipinski definition) is 1. The zero-order valence-electron chi connectivity index (χ0n) is 20.1. The highest BCUT2D eigenvalue weighted by atomic mass is 79.9. The van der Waals surface area contributed by atoms with Crippen molar-refractivity contribution in [2.45, 2.75) is 6.54 Å². The molecule has 38 heavy (non-hydrogen) atoms. The molecule has 0 atom stereocenters. The first-order valence-corrected chi connectivity index (χ1v) is 12.9. The summed E-state index contributed by atoms with van der Waals surface area (Å²) in [5, 5.41) is 12.0. The van der Waals surface area contributed by atoms with Gasteiger partial charge in [0.05, 0.1) is 11.1 Å². The maximum Gasteiger partial charge on any atom is 0.344 e. The summed E-state index contributed by atoms with van der Waals surface area (Å²) in [5.74, 6) is -0.262. The highest BCUT2D eigenvalue weighted by Gasteiger charge is 2.22. The molecule has 9 heteroatoms. The lowest BCUT2D eigenvalue weighted by Crippen LogP contribution is -2.46. The summed E-state index contributed by atoms with van der Waals surface area (Å²) in [6, 6.07) is 17.9. The highest BCUT2D eigenvalue weighted by Crippen LogP contribution is 2.34. The van der Waals surface area contributed by atoms with Gasteiger partial charge in [-0.3, -0.25) is 4.90 Å². The summed E-state index contributed by atoms with van der Waals surface area (Å²) in [6.45, 7) is 3.19. The Bertz CT molecular complexity index is 1790. The molecule has 0 unspecified atom stereocenters. The van der Waals surface area contributed by atoms with Gasteiger partial charge in [-0.25, -0.2) is 14.0 Å². The van der Waals surface area contributed by atoms with Gasteiger partial charge in [-0.2, -0.15) is 0 Å². The molecule has 192 valence electrons. The number of halogens is 2. The van der Waals surface area contributed by atoms with Crippen LogP contribution in [0.15, 0.2) is 89.6 Å². The summed E-state index contributed by atoms with van der Waals surface area (Å²) in [6.07, 6.45) is 0. The molecule has 1 aliphatic heterocycles. The standard InChI is InChI=1S/C29H22BrFN2O5/c30-18-1-8-26-17(13-18)14-23(29(36)37-26)22-15-27(35)38-28-21(22)6-7-25(34)24(28)16-32-9-11-33(12-10-32)20-4-2-19(31)3-5-20/h1-8,13-15,34H,9-12,16H2. The number of aromatic hydroxyl groups is 1. The maximum absolute atomic E-state index is 13.3. The van der Waals surface area contributed by atoms with E-state index in [0.29, 0.717) is 47.1 Å². The lowest BCUT2D eigenvalue weighted by atomic mass is 9.99. The van der Waals surface area contributed by atoms with Crippen LogP contribution in [0.5, 0.6) is 5.75 Å². The molecule has 0 amide bonds. The van der Waals surface area contributed by atoms with Crippen LogP contribution in [0, 0.1) is 5.82 Å². The predicted molar refractivity (Wildman–Crippen MR) is 147 cm³/mol. The Kier molecular flexibility index (Phi) is 6.25. The van der Waals surface area contributed by atoms with E-state index in [9.17, 15) is 19.1 Å². The number of phenols is 1. The fourth-order valence-electron chi connectivity index (χ4n) is 4.97. The van der Waals surface area contributed by atoms with Crippen LogP contribution in [0.3, 0.4) is 0 Å². The Balaban J connectivity index is 1.35. The molecule has 0 bridgehead atoms. The quantitative estimate of drug-likeness (QED) is 0.283. The Morgan fingerprint density at radius 2 is 1.63 bits per heavy atom. The van der Waals surface area contributed by atoms with E-state index in [0.717, 1.165) is 23.2 Å². The van der Waals surface area contributed by atoms with Crippen LogP contribution in [-0.2, 0) is 6.54 Å².